The second-order valence-electron chi connectivity index (χ2n) is 8.77. The van der Waals surface area contributed by atoms with Crippen LogP contribution in [0.4, 0.5) is 0 Å². The van der Waals surface area contributed by atoms with E-state index in [2.05, 4.69) is 20.8 Å². The lowest BCUT2D eigenvalue weighted by molar-refractivity contribution is -0.171. The number of carbonyl (C=O) groups is 2. The predicted molar refractivity (Wildman–Crippen MR) is 92.5 cm³/mol. The van der Waals surface area contributed by atoms with Crippen LogP contribution < -0.4 is 0 Å². The Bertz CT molecular complexity index is 687. The van der Waals surface area contributed by atoms with E-state index < -0.39 is 0 Å². The van der Waals surface area contributed by atoms with Crippen LogP contribution >= 0.6 is 0 Å². The highest BCUT2D eigenvalue weighted by atomic mass is 16.5. The zero-order chi connectivity index (χ0) is 17.3. The summed E-state index contributed by atoms with van der Waals surface area (Å²) in [5, 5.41) is 0. The van der Waals surface area contributed by atoms with E-state index in [4.69, 9.17) is 4.74 Å². The first-order chi connectivity index (χ1) is 11.3. The van der Waals surface area contributed by atoms with E-state index in [1.807, 2.05) is 13.2 Å². The minimum atomic E-state index is -0.351. The summed E-state index contributed by atoms with van der Waals surface area (Å²) in [5.74, 6) is 1.16. The average Bonchev–Trinajstić information content (AvgIpc) is 2.87. The van der Waals surface area contributed by atoms with Gasteiger partial charge < -0.3 is 4.74 Å². The number of ketones is 2. The van der Waals surface area contributed by atoms with Crippen molar-refractivity contribution in [2.24, 2.45) is 22.7 Å². The molecule has 0 heterocycles. The number of carbonyl (C=O) groups excluding carboxylic acids is 2. The largest absolute Gasteiger partial charge is 0.373 e. The molecule has 4 rings (SSSR count). The molecule has 0 unspecified atom stereocenters. The average molecular weight is 328 g/mol. The third kappa shape index (κ3) is 1.67. The zero-order valence-electron chi connectivity index (χ0n) is 15.3. The van der Waals surface area contributed by atoms with Crippen LogP contribution in [0.3, 0.4) is 0 Å². The number of ether oxygens (including phenoxy) is 1. The molecule has 0 aromatic carbocycles. The Balaban J connectivity index is 1.89. The molecule has 2 saturated carbocycles. The first kappa shape index (κ1) is 16.3. The molecule has 0 bridgehead atoms. The first-order valence-electron chi connectivity index (χ1n) is 9.35. The van der Waals surface area contributed by atoms with Gasteiger partial charge in [0.25, 0.3) is 0 Å². The molecule has 0 amide bonds. The van der Waals surface area contributed by atoms with E-state index in [9.17, 15) is 9.59 Å². The summed E-state index contributed by atoms with van der Waals surface area (Å²) in [7, 11) is 1.83. The molecule has 0 aromatic heterocycles. The van der Waals surface area contributed by atoms with E-state index in [1.54, 1.807) is 6.08 Å². The summed E-state index contributed by atoms with van der Waals surface area (Å²) in [6, 6.07) is 0. The second kappa shape index (κ2) is 4.91. The van der Waals surface area contributed by atoms with E-state index in [1.165, 1.54) is 11.1 Å². The maximum atomic E-state index is 12.4. The van der Waals surface area contributed by atoms with Gasteiger partial charge in [0.05, 0.1) is 11.0 Å². The van der Waals surface area contributed by atoms with Crippen molar-refractivity contribution in [1.82, 2.24) is 0 Å². The molecule has 4 aliphatic rings. The lowest BCUT2D eigenvalue weighted by atomic mass is 9.45. The van der Waals surface area contributed by atoms with E-state index in [-0.39, 0.29) is 28.1 Å². The molecule has 0 aliphatic heterocycles. The van der Waals surface area contributed by atoms with Gasteiger partial charge in [-0.3, -0.25) is 9.59 Å². The third-order valence-corrected chi connectivity index (χ3v) is 8.13. The van der Waals surface area contributed by atoms with Gasteiger partial charge in [-0.25, -0.2) is 0 Å². The Morgan fingerprint density at radius 1 is 1.08 bits per heavy atom. The molecule has 24 heavy (non-hydrogen) atoms. The Hall–Kier alpha value is -1.22. The molecule has 0 N–H and O–H groups in total. The Labute approximate surface area is 144 Å². The molecule has 0 radical (unpaired) electrons. The summed E-state index contributed by atoms with van der Waals surface area (Å²) in [5.41, 5.74) is 1.88. The van der Waals surface area contributed by atoms with Gasteiger partial charge in [0.1, 0.15) is 5.78 Å². The number of allylic oxidation sites excluding steroid dienone is 3. The summed E-state index contributed by atoms with van der Waals surface area (Å²) in [6.45, 7) is 6.55. The van der Waals surface area contributed by atoms with Crippen molar-refractivity contribution in [3.8, 4) is 0 Å². The highest BCUT2D eigenvalue weighted by Crippen LogP contribution is 2.65. The molecule has 3 nitrogen and oxygen atoms in total. The predicted octanol–water partition coefficient (Wildman–Crippen LogP) is 4.02. The van der Waals surface area contributed by atoms with E-state index in [0.717, 1.165) is 32.1 Å². The summed E-state index contributed by atoms with van der Waals surface area (Å²) < 4.78 is 6.31. The van der Waals surface area contributed by atoms with Gasteiger partial charge in [0.2, 0.25) is 0 Å². The van der Waals surface area contributed by atoms with Gasteiger partial charge >= 0.3 is 0 Å². The van der Waals surface area contributed by atoms with E-state index >= 15 is 0 Å². The minimum absolute atomic E-state index is 0.0174. The fourth-order valence-corrected chi connectivity index (χ4v) is 6.51. The molecule has 4 aliphatic carbocycles. The zero-order valence-corrected chi connectivity index (χ0v) is 15.3. The van der Waals surface area contributed by atoms with Crippen LogP contribution in [0.5, 0.6) is 0 Å². The molecule has 5 atom stereocenters. The summed E-state index contributed by atoms with van der Waals surface area (Å²) in [6.07, 6.45) is 9.09. The number of Topliss-reactive ketones (excluding diaryl/α,β-unsaturated/α-hetero) is 1. The molecule has 0 spiro atoms. The molecule has 3 heteroatoms. The molecular weight excluding hydrogens is 300 g/mol. The van der Waals surface area contributed by atoms with Gasteiger partial charge in [-0.05, 0) is 62.2 Å². The number of hydrogen-bond acceptors (Lipinski definition) is 3. The Morgan fingerprint density at radius 2 is 1.83 bits per heavy atom. The number of hydrogen-bond donors (Lipinski definition) is 0. The van der Waals surface area contributed by atoms with Crippen LogP contribution in [-0.4, -0.2) is 24.3 Å². The molecule has 0 saturated heterocycles. The third-order valence-electron chi connectivity index (χ3n) is 8.13. The lowest BCUT2D eigenvalue weighted by Gasteiger charge is -2.62. The Morgan fingerprint density at radius 3 is 2.54 bits per heavy atom. The van der Waals surface area contributed by atoms with Crippen molar-refractivity contribution in [2.75, 3.05) is 7.11 Å². The second-order valence-corrected chi connectivity index (χ2v) is 8.77. The topological polar surface area (TPSA) is 43.4 Å². The SMILES string of the molecule is CO[C@]12CC[C@]3(C)C(=O)C=CC3=C1CC[C@H]1[C@H](C)C(=O)CC[C@@]12C. The van der Waals surface area contributed by atoms with Crippen molar-refractivity contribution in [2.45, 2.75) is 64.9 Å². The van der Waals surface area contributed by atoms with Gasteiger partial charge in [0, 0.05) is 24.9 Å². The normalized spacial score (nSPS) is 47.5. The first-order valence-corrected chi connectivity index (χ1v) is 9.35. The van der Waals surface area contributed by atoms with Crippen molar-refractivity contribution < 1.29 is 14.3 Å². The molecule has 2 fully saturated rings. The molecule has 130 valence electrons. The fraction of sp³-hybridized carbons (Fsp3) is 0.714. The van der Waals surface area contributed by atoms with Crippen LogP contribution in [0.25, 0.3) is 0 Å². The van der Waals surface area contributed by atoms with Crippen molar-refractivity contribution in [1.29, 1.82) is 0 Å². The van der Waals surface area contributed by atoms with Crippen LogP contribution in [0.15, 0.2) is 23.3 Å². The standard InChI is InChI=1S/C21H28O3/c1-13-14-5-6-16-15-7-8-18(23)19(15,2)11-12-21(16,24-4)20(14,3)10-9-17(13)22/h7-8,13-14H,5-6,9-12H2,1-4H3/t13-,14-,19-,20-,21+/m0/s1. The van der Waals surface area contributed by atoms with Crippen molar-refractivity contribution in [3.63, 3.8) is 0 Å². The highest BCUT2D eigenvalue weighted by molar-refractivity contribution is 6.02. The Kier molecular flexibility index (Phi) is 3.32. The minimum Gasteiger partial charge on any atom is -0.373 e. The van der Waals surface area contributed by atoms with Crippen LogP contribution in [0, 0.1) is 22.7 Å². The summed E-state index contributed by atoms with van der Waals surface area (Å²) in [4.78, 5) is 24.8. The van der Waals surface area contributed by atoms with Crippen molar-refractivity contribution in [3.05, 3.63) is 23.3 Å². The van der Waals surface area contributed by atoms with Gasteiger partial charge in [-0.1, -0.05) is 19.9 Å². The van der Waals surface area contributed by atoms with Gasteiger partial charge in [-0.2, -0.15) is 0 Å². The monoisotopic (exact) mass is 328 g/mol. The fourth-order valence-electron chi connectivity index (χ4n) is 6.51. The maximum Gasteiger partial charge on any atom is 0.165 e. The van der Waals surface area contributed by atoms with Gasteiger partial charge in [0.15, 0.2) is 5.78 Å². The van der Waals surface area contributed by atoms with Crippen molar-refractivity contribution >= 4 is 11.6 Å². The van der Waals surface area contributed by atoms with Crippen LogP contribution in [0.1, 0.15) is 59.3 Å². The smallest absolute Gasteiger partial charge is 0.165 e. The molecular formula is C21H28O3. The number of fused-ring (bicyclic) bond motifs is 4. The number of methoxy groups -OCH3 is 1. The number of rotatable bonds is 1. The van der Waals surface area contributed by atoms with Gasteiger partial charge in [-0.15, -0.1) is 0 Å². The summed E-state index contributed by atoms with van der Waals surface area (Å²) >= 11 is 0. The molecule has 0 aromatic rings. The maximum absolute atomic E-state index is 12.4. The van der Waals surface area contributed by atoms with E-state index in [0.29, 0.717) is 18.1 Å². The lowest BCUT2D eigenvalue weighted by Crippen LogP contribution is -2.62. The quantitative estimate of drug-likeness (QED) is 0.730. The van der Waals surface area contributed by atoms with Crippen LogP contribution in [-0.2, 0) is 14.3 Å². The highest BCUT2D eigenvalue weighted by Gasteiger charge is 2.64. The van der Waals surface area contributed by atoms with Crippen LogP contribution in [0.2, 0.25) is 0 Å².